The summed E-state index contributed by atoms with van der Waals surface area (Å²) in [5, 5.41) is 11.2. The number of amides is 1. The van der Waals surface area contributed by atoms with E-state index < -0.39 is 17.7 Å². The number of ether oxygens (including phenoxy) is 1. The highest BCUT2D eigenvalue weighted by Crippen LogP contribution is 2.39. The summed E-state index contributed by atoms with van der Waals surface area (Å²) in [6.07, 6.45) is 4.26. The number of rotatable bonds is 9. The van der Waals surface area contributed by atoms with Crippen molar-refractivity contribution < 1.29 is 29.3 Å². The number of Topliss-reactive ketones (excluding diaryl/α,β-unsaturated/α-hetero) is 1. The van der Waals surface area contributed by atoms with E-state index in [2.05, 4.69) is 32.9 Å². The number of aromatic nitrogens is 1. The molecule has 7 nitrogen and oxygen atoms in total. The number of carbonyl (C=O) groups excluding carboxylic acids is 2. The molecule has 1 aromatic carbocycles. The zero-order chi connectivity index (χ0) is 24.1. The number of aliphatic hydroxyl groups excluding tert-OH is 1. The fourth-order valence-electron chi connectivity index (χ4n) is 4.01. The Balaban J connectivity index is 2.01. The lowest BCUT2D eigenvalue weighted by molar-refractivity contribution is -0.858. The highest BCUT2D eigenvalue weighted by molar-refractivity contribution is 6.46. The number of carbonyl (C=O) groups is 2. The number of aromatic amines is 1. The third-order valence-electron chi connectivity index (χ3n) is 5.70. The summed E-state index contributed by atoms with van der Waals surface area (Å²) in [6, 6.07) is 8.37. The molecular formula is C26H35N3O4+2. The third-order valence-corrected chi connectivity index (χ3v) is 5.70. The molecular weight excluding hydrogens is 418 g/mol. The van der Waals surface area contributed by atoms with Crippen LogP contribution in [-0.2, 0) is 9.59 Å². The largest absolute Gasteiger partial charge is 0.507 e. The fourth-order valence-corrected chi connectivity index (χ4v) is 4.01. The van der Waals surface area contributed by atoms with Crippen molar-refractivity contribution in [3.05, 3.63) is 65.0 Å². The van der Waals surface area contributed by atoms with Crippen LogP contribution in [0.3, 0.4) is 0 Å². The Hall–Kier alpha value is -3.19. The molecule has 1 saturated heterocycles. The second-order valence-electron chi connectivity index (χ2n) is 9.32. The van der Waals surface area contributed by atoms with Crippen molar-refractivity contribution in [1.29, 1.82) is 0 Å². The number of likely N-dealkylation sites (tertiary alicyclic amines) is 1. The van der Waals surface area contributed by atoms with Gasteiger partial charge in [-0.3, -0.25) is 9.59 Å². The fraction of sp³-hybridized carbons (Fsp3) is 0.423. The van der Waals surface area contributed by atoms with Crippen molar-refractivity contribution in [3.8, 4) is 5.75 Å². The minimum atomic E-state index is -0.652. The van der Waals surface area contributed by atoms with E-state index in [1.807, 2.05) is 19.1 Å². The number of nitrogens with zero attached hydrogens (tertiary/aromatic N) is 1. The van der Waals surface area contributed by atoms with Crippen LogP contribution in [0.5, 0.6) is 5.75 Å². The number of H-pyrrole nitrogens is 1. The predicted molar refractivity (Wildman–Crippen MR) is 126 cm³/mol. The number of quaternary nitrogens is 1. The third kappa shape index (κ3) is 5.60. The van der Waals surface area contributed by atoms with E-state index in [4.69, 9.17) is 4.74 Å². The van der Waals surface area contributed by atoms with Gasteiger partial charge in [0, 0.05) is 30.7 Å². The zero-order valence-electron chi connectivity index (χ0n) is 20.1. The molecule has 0 radical (unpaired) electrons. The van der Waals surface area contributed by atoms with Gasteiger partial charge in [0.05, 0.1) is 38.9 Å². The Morgan fingerprint density at radius 3 is 2.48 bits per heavy atom. The molecule has 1 fully saturated rings. The van der Waals surface area contributed by atoms with Gasteiger partial charge < -0.3 is 19.6 Å². The zero-order valence-corrected chi connectivity index (χ0v) is 20.1. The van der Waals surface area contributed by atoms with Crippen LogP contribution in [0.4, 0.5) is 0 Å². The number of ketones is 1. The standard InChI is InChI=1S/C26H33N3O4/c1-17(2)16-33-21-8-7-20(15-18(21)3)24(30)22-23(19-9-11-27-12-10-19)29(26(32)25(22)31)14-6-13-28(4)5/h7-12,15,17,23,30H,6,13-14,16H2,1-5H3/p+2. The molecule has 1 atom stereocenters. The monoisotopic (exact) mass is 453 g/mol. The Bertz CT molecular complexity index is 1030. The normalized spacial score (nSPS) is 17.9. The van der Waals surface area contributed by atoms with Gasteiger partial charge in [-0.05, 0) is 42.2 Å². The van der Waals surface area contributed by atoms with Crippen molar-refractivity contribution in [3.63, 3.8) is 0 Å². The summed E-state index contributed by atoms with van der Waals surface area (Å²) in [6.45, 7) is 7.97. The highest BCUT2D eigenvalue weighted by atomic mass is 16.5. The second-order valence-corrected chi connectivity index (χ2v) is 9.32. The van der Waals surface area contributed by atoms with Gasteiger partial charge in [-0.2, -0.15) is 0 Å². The van der Waals surface area contributed by atoms with Gasteiger partial charge in [0.2, 0.25) is 0 Å². The number of nitrogens with one attached hydrogen (secondary N) is 2. The van der Waals surface area contributed by atoms with Crippen molar-refractivity contribution in [2.45, 2.75) is 33.2 Å². The Morgan fingerprint density at radius 2 is 1.88 bits per heavy atom. The van der Waals surface area contributed by atoms with Crippen LogP contribution in [0.1, 0.15) is 43.0 Å². The predicted octanol–water partition coefficient (Wildman–Crippen LogP) is 1.80. The maximum atomic E-state index is 13.1. The first-order chi connectivity index (χ1) is 15.7. The summed E-state index contributed by atoms with van der Waals surface area (Å²) >= 11 is 0. The summed E-state index contributed by atoms with van der Waals surface area (Å²) < 4.78 is 5.84. The van der Waals surface area contributed by atoms with Crippen molar-refractivity contribution in [1.82, 2.24) is 4.90 Å². The van der Waals surface area contributed by atoms with Crippen LogP contribution in [0.2, 0.25) is 0 Å². The average Bonchev–Trinajstić information content (AvgIpc) is 3.03. The van der Waals surface area contributed by atoms with E-state index >= 15 is 0 Å². The van der Waals surface area contributed by atoms with Crippen LogP contribution >= 0.6 is 0 Å². The summed E-state index contributed by atoms with van der Waals surface area (Å²) in [7, 11) is 4.10. The molecule has 0 bridgehead atoms. The first-order valence-electron chi connectivity index (χ1n) is 11.5. The molecule has 1 aliphatic rings. The molecule has 1 aromatic heterocycles. The lowest BCUT2D eigenvalue weighted by Gasteiger charge is -2.25. The Morgan fingerprint density at radius 1 is 1.18 bits per heavy atom. The molecule has 1 aliphatic heterocycles. The first-order valence-corrected chi connectivity index (χ1v) is 11.5. The minimum absolute atomic E-state index is 0.124. The van der Waals surface area contributed by atoms with Gasteiger partial charge in [0.15, 0.2) is 12.4 Å². The summed E-state index contributed by atoms with van der Waals surface area (Å²) in [4.78, 5) is 31.9. The van der Waals surface area contributed by atoms with E-state index in [9.17, 15) is 14.7 Å². The van der Waals surface area contributed by atoms with Gasteiger partial charge in [0.1, 0.15) is 11.5 Å². The molecule has 0 aliphatic carbocycles. The van der Waals surface area contributed by atoms with E-state index in [0.29, 0.717) is 24.6 Å². The molecule has 0 spiro atoms. The lowest BCUT2D eigenvalue weighted by Crippen LogP contribution is -3.05. The van der Waals surface area contributed by atoms with Crippen LogP contribution in [0.25, 0.3) is 5.76 Å². The molecule has 3 rings (SSSR count). The number of hydrogen-bond donors (Lipinski definition) is 2. The van der Waals surface area contributed by atoms with Crippen LogP contribution in [-0.4, -0.2) is 55.5 Å². The van der Waals surface area contributed by atoms with Gasteiger partial charge in [-0.15, -0.1) is 0 Å². The van der Waals surface area contributed by atoms with E-state index in [0.717, 1.165) is 29.8 Å². The number of benzene rings is 1. The minimum Gasteiger partial charge on any atom is -0.507 e. The Kier molecular flexibility index (Phi) is 7.87. The van der Waals surface area contributed by atoms with Crippen LogP contribution < -0.4 is 14.6 Å². The van der Waals surface area contributed by atoms with Gasteiger partial charge >= 0.3 is 0 Å². The SMILES string of the molecule is Cc1cc(C(O)=C2C(=O)C(=O)N(CCC[NH+](C)C)C2c2cc[nH+]cc2)ccc1OCC(C)C. The number of aryl methyl sites for hydroxylation is 1. The van der Waals surface area contributed by atoms with Crippen molar-refractivity contribution >= 4 is 17.4 Å². The number of pyridine rings is 1. The maximum Gasteiger partial charge on any atom is 0.295 e. The van der Waals surface area contributed by atoms with Gasteiger partial charge in [-0.1, -0.05) is 13.8 Å². The number of aliphatic hydroxyl groups is 1. The summed E-state index contributed by atoms with van der Waals surface area (Å²) in [5.74, 6) is -0.254. The summed E-state index contributed by atoms with van der Waals surface area (Å²) in [5.41, 5.74) is 2.25. The van der Waals surface area contributed by atoms with Crippen molar-refractivity contribution in [2.24, 2.45) is 5.92 Å². The van der Waals surface area contributed by atoms with Crippen LogP contribution in [0.15, 0.2) is 48.3 Å². The molecule has 7 heteroatoms. The van der Waals surface area contributed by atoms with E-state index in [-0.39, 0.29) is 11.3 Å². The first kappa shape index (κ1) is 24.5. The van der Waals surface area contributed by atoms with Crippen molar-refractivity contribution in [2.75, 3.05) is 33.8 Å². The molecule has 1 unspecified atom stereocenters. The molecule has 2 heterocycles. The maximum absolute atomic E-state index is 13.1. The van der Waals surface area contributed by atoms with Crippen LogP contribution in [0, 0.1) is 12.8 Å². The molecule has 3 N–H and O–H groups in total. The molecule has 33 heavy (non-hydrogen) atoms. The average molecular weight is 454 g/mol. The molecule has 176 valence electrons. The van der Waals surface area contributed by atoms with E-state index in [1.54, 1.807) is 35.5 Å². The van der Waals surface area contributed by atoms with Gasteiger partial charge in [0.25, 0.3) is 11.7 Å². The Labute approximate surface area is 195 Å². The van der Waals surface area contributed by atoms with E-state index in [1.165, 1.54) is 4.90 Å². The van der Waals surface area contributed by atoms with Gasteiger partial charge in [-0.25, -0.2) is 4.98 Å². The number of hydrogen-bond acceptors (Lipinski definition) is 4. The second kappa shape index (κ2) is 10.6. The highest BCUT2D eigenvalue weighted by Gasteiger charge is 2.46. The lowest BCUT2D eigenvalue weighted by atomic mass is 9.95. The molecule has 0 saturated carbocycles. The smallest absolute Gasteiger partial charge is 0.295 e. The quantitative estimate of drug-likeness (QED) is 0.345. The molecule has 1 amide bonds. The topological polar surface area (TPSA) is 85.4 Å². The molecule has 2 aromatic rings.